The molecule has 0 spiro atoms. The van der Waals surface area contributed by atoms with Gasteiger partial charge in [-0.05, 0) is 11.3 Å². The number of carbonyl (C=O) groups is 1. The molecular weight excluding hydrogens is 230 g/mol. The predicted octanol–water partition coefficient (Wildman–Crippen LogP) is 0.916. The summed E-state index contributed by atoms with van der Waals surface area (Å²) < 4.78 is 0. The maximum atomic E-state index is 11.1. The lowest BCUT2D eigenvalue weighted by atomic mass is 9.83. The lowest BCUT2D eigenvalue weighted by molar-refractivity contribution is 0.00646. The third kappa shape index (κ3) is 2.95. The monoisotopic (exact) mass is 255 g/mol. The Bertz CT molecular complexity index is 310. The van der Waals surface area contributed by atoms with Crippen molar-refractivity contribution in [2.45, 2.75) is 26.8 Å². The number of piperazine rings is 1. The van der Waals surface area contributed by atoms with Crippen LogP contribution in [0.2, 0.25) is 0 Å². The van der Waals surface area contributed by atoms with E-state index in [-0.39, 0.29) is 5.41 Å². The summed E-state index contributed by atoms with van der Waals surface area (Å²) in [5.74, 6) is 0.742. The highest BCUT2D eigenvalue weighted by Gasteiger charge is 2.38. The molecule has 0 saturated carbocycles. The average Bonchev–Trinajstić information content (AvgIpc) is 2.22. The summed E-state index contributed by atoms with van der Waals surface area (Å²) in [6.45, 7) is 12.1. The quantitative estimate of drug-likeness (QED) is 0.770. The van der Waals surface area contributed by atoms with Crippen molar-refractivity contribution in [3.05, 3.63) is 0 Å². The molecule has 2 fully saturated rings. The molecule has 0 aliphatic carbocycles. The number of amides is 1. The van der Waals surface area contributed by atoms with Gasteiger partial charge in [0.25, 0.3) is 0 Å². The summed E-state index contributed by atoms with van der Waals surface area (Å²) in [7, 11) is 0. The lowest BCUT2D eigenvalue weighted by Crippen LogP contribution is -2.61. The predicted molar refractivity (Wildman–Crippen MR) is 70.8 cm³/mol. The van der Waals surface area contributed by atoms with Crippen LogP contribution in [0.3, 0.4) is 0 Å². The van der Waals surface area contributed by atoms with E-state index >= 15 is 0 Å². The Morgan fingerprint density at radius 2 is 2.00 bits per heavy atom. The molecule has 0 aromatic carbocycles. The van der Waals surface area contributed by atoms with Crippen molar-refractivity contribution in [1.82, 2.24) is 15.1 Å². The van der Waals surface area contributed by atoms with Crippen LogP contribution in [0.25, 0.3) is 0 Å². The molecular formula is C13H25N3O2. The molecule has 2 rings (SSSR count). The Hall–Kier alpha value is -0.810. The van der Waals surface area contributed by atoms with Crippen molar-refractivity contribution in [2.24, 2.45) is 11.3 Å². The van der Waals surface area contributed by atoms with Gasteiger partial charge in [-0.2, -0.15) is 0 Å². The standard InChI is InChI=1S/C13H25N3O2/c1-13(2,3)11-9-16(12(17)18)5-4-15(11)8-10-6-14-7-10/h10-11,14H,4-9H2,1-3H3,(H,17,18). The minimum Gasteiger partial charge on any atom is -0.465 e. The molecule has 2 aliphatic rings. The molecule has 18 heavy (non-hydrogen) atoms. The van der Waals surface area contributed by atoms with E-state index in [1.165, 1.54) is 0 Å². The van der Waals surface area contributed by atoms with Crippen LogP contribution in [0, 0.1) is 11.3 Å². The number of nitrogens with one attached hydrogen (secondary N) is 1. The van der Waals surface area contributed by atoms with Crippen LogP contribution in [0.1, 0.15) is 20.8 Å². The molecule has 0 radical (unpaired) electrons. The van der Waals surface area contributed by atoms with Gasteiger partial charge in [-0.3, -0.25) is 4.90 Å². The maximum absolute atomic E-state index is 11.1. The van der Waals surface area contributed by atoms with Crippen LogP contribution in [0.5, 0.6) is 0 Å². The molecule has 0 aromatic heterocycles. The fourth-order valence-electron chi connectivity index (χ4n) is 2.84. The van der Waals surface area contributed by atoms with Crippen LogP contribution < -0.4 is 5.32 Å². The molecule has 0 aromatic rings. The summed E-state index contributed by atoms with van der Waals surface area (Å²) >= 11 is 0. The lowest BCUT2D eigenvalue weighted by Gasteiger charge is -2.48. The van der Waals surface area contributed by atoms with Crippen molar-refractivity contribution in [3.8, 4) is 0 Å². The zero-order chi connectivity index (χ0) is 13.3. The smallest absolute Gasteiger partial charge is 0.407 e. The fraction of sp³-hybridized carbons (Fsp3) is 0.923. The first-order chi connectivity index (χ1) is 8.38. The molecule has 2 N–H and O–H groups in total. The molecule has 2 heterocycles. The second-order valence-electron chi connectivity index (χ2n) is 6.63. The van der Waals surface area contributed by atoms with E-state index in [4.69, 9.17) is 5.11 Å². The number of carboxylic acid groups (broad SMARTS) is 1. The van der Waals surface area contributed by atoms with Crippen LogP contribution in [-0.4, -0.2) is 66.3 Å². The third-order valence-corrected chi connectivity index (χ3v) is 4.12. The first-order valence-corrected chi connectivity index (χ1v) is 6.80. The highest BCUT2D eigenvalue weighted by atomic mass is 16.4. The molecule has 2 saturated heterocycles. The number of hydrogen-bond donors (Lipinski definition) is 2. The topological polar surface area (TPSA) is 55.8 Å². The first-order valence-electron chi connectivity index (χ1n) is 6.80. The SMILES string of the molecule is CC(C)(C)C1CN(C(=O)O)CCN1CC1CNC1. The molecule has 1 unspecified atom stereocenters. The minimum absolute atomic E-state index is 0.116. The van der Waals surface area contributed by atoms with Gasteiger partial charge >= 0.3 is 6.09 Å². The van der Waals surface area contributed by atoms with Crippen LogP contribution >= 0.6 is 0 Å². The van der Waals surface area contributed by atoms with E-state index in [2.05, 4.69) is 31.0 Å². The van der Waals surface area contributed by atoms with Gasteiger partial charge in [0.1, 0.15) is 0 Å². The summed E-state index contributed by atoms with van der Waals surface area (Å²) in [6, 6.07) is 0.322. The van der Waals surface area contributed by atoms with Gasteiger partial charge in [0, 0.05) is 45.3 Å². The zero-order valence-electron chi connectivity index (χ0n) is 11.6. The maximum Gasteiger partial charge on any atom is 0.407 e. The highest BCUT2D eigenvalue weighted by Crippen LogP contribution is 2.28. The van der Waals surface area contributed by atoms with Gasteiger partial charge < -0.3 is 15.3 Å². The Labute approximate surface area is 109 Å². The normalized spacial score (nSPS) is 27.1. The van der Waals surface area contributed by atoms with Crippen molar-refractivity contribution in [3.63, 3.8) is 0 Å². The van der Waals surface area contributed by atoms with Gasteiger partial charge in [0.2, 0.25) is 0 Å². The Morgan fingerprint density at radius 1 is 1.33 bits per heavy atom. The number of hydrogen-bond acceptors (Lipinski definition) is 3. The van der Waals surface area contributed by atoms with E-state index in [9.17, 15) is 4.79 Å². The number of rotatable bonds is 2. The van der Waals surface area contributed by atoms with E-state index in [1.807, 2.05) is 0 Å². The molecule has 5 nitrogen and oxygen atoms in total. The highest BCUT2D eigenvalue weighted by molar-refractivity contribution is 5.65. The van der Waals surface area contributed by atoms with Crippen molar-refractivity contribution in [2.75, 3.05) is 39.3 Å². The molecule has 5 heteroatoms. The van der Waals surface area contributed by atoms with E-state index in [0.29, 0.717) is 19.1 Å². The third-order valence-electron chi connectivity index (χ3n) is 4.12. The van der Waals surface area contributed by atoms with E-state index in [0.717, 1.165) is 32.1 Å². The number of nitrogens with zero attached hydrogens (tertiary/aromatic N) is 2. The van der Waals surface area contributed by atoms with E-state index in [1.54, 1.807) is 4.90 Å². The minimum atomic E-state index is -0.783. The molecule has 1 atom stereocenters. The van der Waals surface area contributed by atoms with Gasteiger partial charge in [-0.15, -0.1) is 0 Å². The zero-order valence-corrected chi connectivity index (χ0v) is 11.6. The largest absolute Gasteiger partial charge is 0.465 e. The Kier molecular flexibility index (Phi) is 3.82. The van der Waals surface area contributed by atoms with Gasteiger partial charge in [0.15, 0.2) is 0 Å². The van der Waals surface area contributed by atoms with E-state index < -0.39 is 6.09 Å². The Morgan fingerprint density at radius 3 is 2.44 bits per heavy atom. The second-order valence-corrected chi connectivity index (χ2v) is 6.63. The fourth-order valence-corrected chi connectivity index (χ4v) is 2.84. The Balaban J connectivity index is 2.01. The van der Waals surface area contributed by atoms with Crippen LogP contribution in [0.15, 0.2) is 0 Å². The summed E-state index contributed by atoms with van der Waals surface area (Å²) in [5.41, 5.74) is 0.116. The summed E-state index contributed by atoms with van der Waals surface area (Å²) in [5, 5.41) is 12.4. The summed E-state index contributed by atoms with van der Waals surface area (Å²) in [4.78, 5) is 15.2. The van der Waals surface area contributed by atoms with Gasteiger partial charge in [-0.1, -0.05) is 20.8 Å². The molecule has 0 bridgehead atoms. The average molecular weight is 255 g/mol. The van der Waals surface area contributed by atoms with Crippen LogP contribution in [-0.2, 0) is 0 Å². The molecule has 1 amide bonds. The van der Waals surface area contributed by atoms with Crippen LogP contribution in [0.4, 0.5) is 4.79 Å². The second kappa shape index (κ2) is 5.05. The van der Waals surface area contributed by atoms with Gasteiger partial charge in [-0.25, -0.2) is 4.79 Å². The van der Waals surface area contributed by atoms with Crippen molar-refractivity contribution >= 4 is 6.09 Å². The first kappa shape index (κ1) is 13.6. The van der Waals surface area contributed by atoms with Gasteiger partial charge in [0.05, 0.1) is 0 Å². The summed E-state index contributed by atoms with van der Waals surface area (Å²) in [6.07, 6.45) is -0.783. The molecule has 104 valence electrons. The van der Waals surface area contributed by atoms with Crippen molar-refractivity contribution in [1.29, 1.82) is 0 Å². The molecule has 2 aliphatic heterocycles. The van der Waals surface area contributed by atoms with Crippen molar-refractivity contribution < 1.29 is 9.90 Å².